The lowest BCUT2D eigenvalue weighted by Gasteiger charge is -2.31. The van der Waals surface area contributed by atoms with Gasteiger partial charge >= 0.3 is 16.5 Å². The molecule has 3 aromatic rings. The van der Waals surface area contributed by atoms with Crippen LogP contribution in [0.1, 0.15) is 0 Å². The molecule has 0 spiro atoms. The summed E-state index contributed by atoms with van der Waals surface area (Å²) in [5, 5.41) is 0. The van der Waals surface area contributed by atoms with E-state index in [1.54, 1.807) is 0 Å². The van der Waals surface area contributed by atoms with Crippen molar-refractivity contribution in [1.29, 1.82) is 0 Å². The average molecular weight is 675 g/mol. The Balaban J connectivity index is 0.000000288. The summed E-state index contributed by atoms with van der Waals surface area (Å²) in [4.78, 5) is 4.08. The molecule has 0 saturated heterocycles. The smallest absolute Gasteiger partial charge is 0.251 e. The van der Waals surface area contributed by atoms with Gasteiger partial charge in [0, 0.05) is 0 Å². The van der Waals surface area contributed by atoms with Crippen molar-refractivity contribution >= 4 is 40.4 Å². The highest BCUT2D eigenvalue weighted by atomic mass is 32.3. The first kappa shape index (κ1) is 34.4. The lowest BCUT2D eigenvalue weighted by atomic mass is 10.4. The van der Waals surface area contributed by atoms with E-state index in [1.807, 2.05) is 0 Å². The van der Waals surface area contributed by atoms with E-state index in [0.717, 1.165) is 0 Å². The summed E-state index contributed by atoms with van der Waals surface area (Å²) in [5.74, 6) is 0. The predicted molar refractivity (Wildman–Crippen MR) is 130 cm³/mol. The molecular formula is C22H15F9O6S4. The van der Waals surface area contributed by atoms with E-state index in [4.69, 9.17) is 0 Å². The van der Waals surface area contributed by atoms with Crippen LogP contribution in [0.15, 0.2) is 106 Å². The van der Waals surface area contributed by atoms with Gasteiger partial charge in [-0.05, 0) is 36.4 Å². The first-order chi connectivity index (χ1) is 18.6. The van der Waals surface area contributed by atoms with Gasteiger partial charge in [0.05, 0.1) is 14.8 Å². The van der Waals surface area contributed by atoms with Crippen molar-refractivity contribution in [2.24, 2.45) is 0 Å². The SMILES string of the molecule is O=S(=O)([C-](S(=O)(=O)C(F)(F)F)S(=O)(=O)C(F)(F)F)C(F)(F)F.c1ccc([S+](c2ccccc2)c2ccccc2)cc1. The van der Waals surface area contributed by atoms with Gasteiger partial charge in [0.2, 0.25) is 0 Å². The van der Waals surface area contributed by atoms with Crippen molar-refractivity contribution in [3.8, 4) is 0 Å². The lowest BCUT2D eigenvalue weighted by Crippen LogP contribution is -2.47. The molecule has 0 aliphatic carbocycles. The Hall–Kier alpha value is -2.77. The minimum Gasteiger partial charge on any atom is -0.251 e. The summed E-state index contributed by atoms with van der Waals surface area (Å²) in [6.07, 6.45) is 0. The van der Waals surface area contributed by atoms with Gasteiger partial charge in [-0.2, -0.15) is 39.5 Å². The molecule has 19 heteroatoms. The van der Waals surface area contributed by atoms with Gasteiger partial charge in [0.25, 0.3) is 0 Å². The zero-order valence-corrected chi connectivity index (χ0v) is 22.9. The second-order valence-electron chi connectivity index (χ2n) is 7.34. The molecule has 0 fully saturated rings. The Kier molecular flexibility index (Phi) is 10.3. The Morgan fingerprint density at radius 2 is 0.610 bits per heavy atom. The van der Waals surface area contributed by atoms with Gasteiger partial charge in [-0.15, -0.1) is 0 Å². The quantitative estimate of drug-likeness (QED) is 0.180. The molecule has 0 saturated carbocycles. The molecule has 226 valence electrons. The molecule has 41 heavy (non-hydrogen) atoms. The molecule has 0 unspecified atom stereocenters. The molecule has 0 aromatic heterocycles. The van der Waals surface area contributed by atoms with Crippen molar-refractivity contribution in [3.05, 3.63) is 94.9 Å². The van der Waals surface area contributed by atoms with E-state index >= 15 is 0 Å². The van der Waals surface area contributed by atoms with Crippen molar-refractivity contribution in [3.63, 3.8) is 0 Å². The van der Waals surface area contributed by atoms with Crippen LogP contribution in [-0.2, 0) is 40.4 Å². The number of alkyl halides is 9. The van der Waals surface area contributed by atoms with E-state index in [1.165, 1.54) is 14.7 Å². The highest BCUT2D eigenvalue weighted by Gasteiger charge is 2.63. The topological polar surface area (TPSA) is 102 Å². The van der Waals surface area contributed by atoms with Crippen LogP contribution in [0.3, 0.4) is 0 Å². The largest absolute Gasteiger partial charge is 0.470 e. The molecule has 3 aromatic carbocycles. The molecule has 0 N–H and O–H groups in total. The highest BCUT2D eigenvalue weighted by molar-refractivity contribution is 8.29. The summed E-state index contributed by atoms with van der Waals surface area (Å²) in [7, 11) is -24.1. The molecule has 0 aliphatic heterocycles. The Morgan fingerprint density at radius 1 is 0.415 bits per heavy atom. The van der Waals surface area contributed by atoms with E-state index < -0.39 is 50.0 Å². The van der Waals surface area contributed by atoms with Crippen molar-refractivity contribution in [2.75, 3.05) is 0 Å². The zero-order chi connectivity index (χ0) is 31.5. The first-order valence-corrected chi connectivity index (χ1v) is 15.9. The maximum Gasteiger partial charge on any atom is 0.470 e. The average Bonchev–Trinajstić information content (AvgIpc) is 2.84. The van der Waals surface area contributed by atoms with Crippen LogP contribution in [0.25, 0.3) is 0 Å². The minimum absolute atomic E-state index is 0.0146. The second-order valence-corrected chi connectivity index (χ2v) is 15.8. The van der Waals surface area contributed by atoms with Crippen LogP contribution >= 0.6 is 0 Å². The van der Waals surface area contributed by atoms with Crippen LogP contribution in [0, 0.1) is 3.91 Å². The molecule has 0 atom stereocenters. The normalized spacial score (nSPS) is 13.5. The highest BCUT2D eigenvalue weighted by Crippen LogP contribution is 2.47. The lowest BCUT2D eigenvalue weighted by molar-refractivity contribution is -0.0471. The maximum absolute atomic E-state index is 12.0. The summed E-state index contributed by atoms with van der Waals surface area (Å²) in [5.41, 5.74) is -21.2. The second kappa shape index (κ2) is 12.2. The van der Waals surface area contributed by atoms with Gasteiger partial charge in [-0.3, -0.25) is 25.3 Å². The van der Waals surface area contributed by atoms with Crippen LogP contribution < -0.4 is 0 Å². The third-order valence-corrected chi connectivity index (χ3v) is 13.8. The standard InChI is InChI=1S/C18H15S.C4F9O6S3/c1-4-10-16(11-5-1)19(17-12-6-2-7-13-17)18-14-8-3-9-15-18;5-2(6,7)20(14,15)1(21(16,17)3(8,9)10)22(18,19)4(11,12)13/h1-15H;/q+1;-1. The molecular weight excluding hydrogens is 659 g/mol. The molecule has 0 bridgehead atoms. The number of hydrogen-bond donors (Lipinski definition) is 0. The summed E-state index contributed by atoms with van der Waals surface area (Å²) >= 11 is 0. The number of hydrogen-bond acceptors (Lipinski definition) is 6. The van der Waals surface area contributed by atoms with Gasteiger partial charge in [-0.25, -0.2) is 0 Å². The predicted octanol–water partition coefficient (Wildman–Crippen LogP) is 6.02. The summed E-state index contributed by atoms with van der Waals surface area (Å²) in [6.45, 7) is 0. The number of benzene rings is 3. The fraction of sp³-hybridized carbons (Fsp3) is 0.136. The van der Waals surface area contributed by atoms with Gasteiger partial charge in [-0.1, -0.05) is 54.6 Å². The third kappa shape index (κ3) is 7.55. The maximum atomic E-state index is 12.0. The monoisotopic (exact) mass is 674 g/mol. The van der Waals surface area contributed by atoms with Crippen molar-refractivity contribution < 1.29 is 64.8 Å². The van der Waals surface area contributed by atoms with Crippen LogP contribution in [-0.4, -0.2) is 41.8 Å². The first-order valence-electron chi connectivity index (χ1n) is 10.3. The van der Waals surface area contributed by atoms with E-state index in [9.17, 15) is 64.8 Å². The summed E-state index contributed by atoms with van der Waals surface area (Å²) in [6, 6.07) is 32.2. The third-order valence-electron chi connectivity index (χ3n) is 4.51. The van der Waals surface area contributed by atoms with Crippen molar-refractivity contribution in [2.45, 2.75) is 31.2 Å². The fourth-order valence-electron chi connectivity index (χ4n) is 2.79. The van der Waals surface area contributed by atoms with E-state index in [0.29, 0.717) is 0 Å². The van der Waals surface area contributed by atoms with Gasteiger partial charge < -0.3 is 0 Å². The Morgan fingerprint density at radius 3 is 0.780 bits per heavy atom. The summed E-state index contributed by atoms with van der Waals surface area (Å²) < 4.78 is 167. The molecule has 3 rings (SSSR count). The Labute approximate surface area is 230 Å². The minimum atomic E-state index is -8.02. The van der Waals surface area contributed by atoms with E-state index in [2.05, 4.69) is 91.0 Å². The van der Waals surface area contributed by atoms with Crippen molar-refractivity contribution in [1.82, 2.24) is 0 Å². The zero-order valence-electron chi connectivity index (χ0n) is 19.6. The fourth-order valence-corrected chi connectivity index (χ4v) is 10.6. The molecule has 0 amide bonds. The molecule has 0 aliphatic rings. The molecule has 0 heterocycles. The number of rotatable bonds is 6. The molecule has 6 nitrogen and oxygen atoms in total. The van der Waals surface area contributed by atoms with Crippen LogP contribution in [0.5, 0.6) is 0 Å². The van der Waals surface area contributed by atoms with Gasteiger partial charge in [0.15, 0.2) is 44.2 Å². The Bertz CT molecular complexity index is 1420. The van der Waals surface area contributed by atoms with Crippen LogP contribution in [0.4, 0.5) is 39.5 Å². The number of halogens is 9. The van der Waals surface area contributed by atoms with Crippen LogP contribution in [0.2, 0.25) is 0 Å². The van der Waals surface area contributed by atoms with Gasteiger partial charge in [0.1, 0.15) is 0 Å². The number of sulfone groups is 3. The molecule has 0 radical (unpaired) electrons. The van der Waals surface area contributed by atoms with E-state index in [-0.39, 0.29) is 10.9 Å².